The quantitative estimate of drug-likeness (QED) is 0.576. The molecule has 2 aliphatic rings. The van der Waals surface area contributed by atoms with Crippen molar-refractivity contribution in [2.75, 3.05) is 41.9 Å². The van der Waals surface area contributed by atoms with Crippen LogP contribution in [0.4, 0.5) is 17.1 Å². The van der Waals surface area contributed by atoms with E-state index >= 15 is 0 Å². The lowest BCUT2D eigenvalue weighted by Crippen LogP contribution is -2.31. The van der Waals surface area contributed by atoms with Crippen molar-refractivity contribution in [1.29, 1.82) is 0 Å². The first-order valence-electron chi connectivity index (χ1n) is 12.2. The van der Waals surface area contributed by atoms with E-state index in [-0.39, 0.29) is 18.2 Å². The first-order valence-corrected chi connectivity index (χ1v) is 12.2. The molecule has 2 amide bonds. The lowest BCUT2D eigenvalue weighted by Gasteiger charge is -2.30. The molecular formula is C28H30N4O3. The highest BCUT2D eigenvalue weighted by Gasteiger charge is 2.26. The summed E-state index contributed by atoms with van der Waals surface area (Å²) in [6.07, 6.45) is 6.20. The molecule has 0 spiro atoms. The van der Waals surface area contributed by atoms with Crippen molar-refractivity contribution in [1.82, 2.24) is 4.98 Å². The Bertz CT molecular complexity index is 1220. The summed E-state index contributed by atoms with van der Waals surface area (Å²) in [5, 5.41) is 3.07. The maximum absolute atomic E-state index is 13.3. The second kappa shape index (κ2) is 10.2. The number of amides is 2. The maximum atomic E-state index is 13.3. The third-order valence-electron chi connectivity index (χ3n) is 6.74. The van der Waals surface area contributed by atoms with E-state index in [4.69, 9.17) is 4.74 Å². The average molecular weight is 471 g/mol. The monoisotopic (exact) mass is 470 g/mol. The van der Waals surface area contributed by atoms with Crippen LogP contribution in [0.25, 0.3) is 0 Å². The number of ether oxygens (including phenoxy) is 1. The van der Waals surface area contributed by atoms with Crippen molar-refractivity contribution in [3.8, 4) is 5.75 Å². The summed E-state index contributed by atoms with van der Waals surface area (Å²) in [6.45, 7) is 2.51. The number of hydrogen-bond donors (Lipinski definition) is 1. The summed E-state index contributed by atoms with van der Waals surface area (Å²) in [5.41, 5.74) is 5.01. The van der Waals surface area contributed by atoms with Crippen LogP contribution in [0.1, 0.15) is 40.9 Å². The fraction of sp³-hybridized carbons (Fsp3) is 0.321. The number of fused-ring (bicyclic) bond motifs is 1. The molecule has 7 nitrogen and oxygen atoms in total. The Kier molecular flexibility index (Phi) is 6.66. The Balaban J connectivity index is 1.32. The van der Waals surface area contributed by atoms with E-state index in [0.717, 1.165) is 66.4 Å². The van der Waals surface area contributed by atoms with Gasteiger partial charge in [0.15, 0.2) is 0 Å². The van der Waals surface area contributed by atoms with Gasteiger partial charge in [0.2, 0.25) is 5.91 Å². The second-order valence-corrected chi connectivity index (χ2v) is 9.02. The maximum Gasteiger partial charge on any atom is 0.257 e. The van der Waals surface area contributed by atoms with Gasteiger partial charge in [-0.25, -0.2) is 0 Å². The van der Waals surface area contributed by atoms with E-state index in [1.807, 2.05) is 59.5 Å². The zero-order chi connectivity index (χ0) is 24.2. The number of rotatable bonds is 6. The van der Waals surface area contributed by atoms with Crippen LogP contribution >= 0.6 is 0 Å². The minimum Gasteiger partial charge on any atom is -0.497 e. The molecule has 1 N–H and O–H groups in total. The Morgan fingerprint density at radius 1 is 0.971 bits per heavy atom. The third kappa shape index (κ3) is 4.99. The molecule has 2 aromatic carbocycles. The van der Waals surface area contributed by atoms with Gasteiger partial charge in [-0.15, -0.1) is 0 Å². The summed E-state index contributed by atoms with van der Waals surface area (Å²) < 4.78 is 5.42. The summed E-state index contributed by atoms with van der Waals surface area (Å²) in [6, 6.07) is 17.0. The number of carbonyl (C=O) groups is 2. The molecule has 0 atom stereocenters. The van der Waals surface area contributed by atoms with E-state index in [0.29, 0.717) is 12.1 Å². The van der Waals surface area contributed by atoms with Gasteiger partial charge in [-0.1, -0.05) is 6.07 Å². The molecule has 0 aliphatic carbocycles. The number of piperidine rings is 1. The number of methoxy groups -OCH3 is 1. The van der Waals surface area contributed by atoms with E-state index < -0.39 is 0 Å². The van der Waals surface area contributed by atoms with Crippen molar-refractivity contribution in [3.63, 3.8) is 0 Å². The molecule has 1 saturated heterocycles. The molecule has 0 unspecified atom stereocenters. The SMILES string of the molecule is COc1ccc(C(=O)Nc2ccc3c(c2)CCN3C(=O)Cc2ccccn2)c(N2CCCCC2)c1. The summed E-state index contributed by atoms with van der Waals surface area (Å²) >= 11 is 0. The van der Waals surface area contributed by atoms with Gasteiger partial charge < -0.3 is 19.9 Å². The Morgan fingerprint density at radius 2 is 1.83 bits per heavy atom. The molecule has 0 saturated carbocycles. The van der Waals surface area contributed by atoms with Gasteiger partial charge in [-0.05, 0) is 73.7 Å². The molecule has 0 bridgehead atoms. The van der Waals surface area contributed by atoms with E-state index in [1.165, 1.54) is 6.42 Å². The van der Waals surface area contributed by atoms with E-state index in [2.05, 4.69) is 15.2 Å². The molecule has 1 fully saturated rings. The summed E-state index contributed by atoms with van der Waals surface area (Å²) in [5.74, 6) is 0.632. The van der Waals surface area contributed by atoms with Gasteiger partial charge in [0.25, 0.3) is 5.91 Å². The van der Waals surface area contributed by atoms with Gasteiger partial charge >= 0.3 is 0 Å². The fourth-order valence-electron chi connectivity index (χ4n) is 4.92. The van der Waals surface area contributed by atoms with Crippen LogP contribution in [0, 0.1) is 0 Å². The molecular weight excluding hydrogens is 440 g/mol. The van der Waals surface area contributed by atoms with Crippen LogP contribution in [-0.4, -0.2) is 43.5 Å². The topological polar surface area (TPSA) is 74.8 Å². The van der Waals surface area contributed by atoms with Crippen LogP contribution in [0.15, 0.2) is 60.8 Å². The third-order valence-corrected chi connectivity index (χ3v) is 6.74. The van der Waals surface area contributed by atoms with Gasteiger partial charge in [-0.3, -0.25) is 14.6 Å². The number of pyridine rings is 1. The number of carbonyl (C=O) groups excluding carboxylic acids is 2. The number of aromatic nitrogens is 1. The van der Waals surface area contributed by atoms with Crippen molar-refractivity contribution in [2.45, 2.75) is 32.1 Å². The number of anilines is 3. The zero-order valence-electron chi connectivity index (χ0n) is 20.0. The van der Waals surface area contributed by atoms with Crippen molar-refractivity contribution in [3.05, 3.63) is 77.6 Å². The Morgan fingerprint density at radius 3 is 2.60 bits per heavy atom. The molecule has 35 heavy (non-hydrogen) atoms. The summed E-state index contributed by atoms with van der Waals surface area (Å²) in [4.78, 5) is 34.5. The van der Waals surface area contributed by atoms with Crippen LogP contribution in [0.5, 0.6) is 5.75 Å². The minimum atomic E-state index is -0.144. The molecule has 5 rings (SSSR count). The van der Waals surface area contributed by atoms with Gasteiger partial charge in [0.1, 0.15) is 5.75 Å². The highest BCUT2D eigenvalue weighted by molar-refractivity contribution is 6.08. The summed E-state index contributed by atoms with van der Waals surface area (Å²) in [7, 11) is 1.64. The smallest absolute Gasteiger partial charge is 0.257 e. The van der Waals surface area contributed by atoms with Gasteiger partial charge in [0.05, 0.1) is 24.8 Å². The number of nitrogens with zero attached hydrogens (tertiary/aromatic N) is 3. The second-order valence-electron chi connectivity index (χ2n) is 9.02. The number of hydrogen-bond acceptors (Lipinski definition) is 5. The fourth-order valence-corrected chi connectivity index (χ4v) is 4.92. The van der Waals surface area contributed by atoms with Crippen molar-refractivity contribution >= 4 is 28.9 Å². The van der Waals surface area contributed by atoms with Crippen LogP contribution < -0.4 is 19.9 Å². The molecule has 7 heteroatoms. The lowest BCUT2D eigenvalue weighted by molar-refractivity contribution is -0.117. The predicted molar refractivity (Wildman–Crippen MR) is 137 cm³/mol. The molecule has 3 heterocycles. The molecule has 180 valence electrons. The van der Waals surface area contributed by atoms with Crippen molar-refractivity contribution in [2.24, 2.45) is 0 Å². The zero-order valence-corrected chi connectivity index (χ0v) is 20.0. The average Bonchev–Trinajstić information content (AvgIpc) is 3.33. The highest BCUT2D eigenvalue weighted by atomic mass is 16.5. The van der Waals surface area contributed by atoms with Gasteiger partial charge in [-0.2, -0.15) is 0 Å². The normalized spacial score (nSPS) is 15.0. The Labute approximate surface area is 205 Å². The van der Waals surface area contributed by atoms with E-state index in [9.17, 15) is 9.59 Å². The van der Waals surface area contributed by atoms with E-state index in [1.54, 1.807) is 13.3 Å². The molecule has 1 aromatic heterocycles. The minimum absolute atomic E-state index is 0.0311. The predicted octanol–water partition coefficient (Wildman–Crippen LogP) is 4.46. The van der Waals surface area contributed by atoms with Gasteiger partial charge in [0, 0.05) is 49.0 Å². The lowest BCUT2D eigenvalue weighted by atomic mass is 10.1. The van der Waals surface area contributed by atoms with Crippen LogP contribution in [-0.2, 0) is 17.6 Å². The van der Waals surface area contributed by atoms with Crippen LogP contribution in [0.2, 0.25) is 0 Å². The van der Waals surface area contributed by atoms with Crippen molar-refractivity contribution < 1.29 is 14.3 Å². The standard InChI is InChI=1S/C28H30N4O3/c1-35-23-9-10-24(26(19-23)31-14-5-2-6-15-31)28(34)30-22-8-11-25-20(17-22)12-16-32(25)27(33)18-21-7-3-4-13-29-21/h3-4,7-11,13,17,19H,2,5-6,12,14-16,18H2,1H3,(H,30,34). The molecule has 3 aromatic rings. The Hall–Kier alpha value is -3.87. The largest absolute Gasteiger partial charge is 0.497 e. The molecule has 0 radical (unpaired) electrons. The first kappa shape index (κ1) is 22.9. The number of nitrogens with one attached hydrogen (secondary N) is 1. The van der Waals surface area contributed by atoms with Crippen LogP contribution in [0.3, 0.4) is 0 Å². The molecule has 2 aliphatic heterocycles. The number of benzene rings is 2. The highest BCUT2D eigenvalue weighted by Crippen LogP contribution is 2.33. The first-order chi connectivity index (χ1) is 17.1.